The molecule has 0 aliphatic heterocycles. The average Bonchev–Trinajstić information content (AvgIpc) is 2.34. The third-order valence-corrected chi connectivity index (χ3v) is 3.45. The molecule has 0 bridgehead atoms. The normalized spacial score (nSPS) is 14.4. The summed E-state index contributed by atoms with van der Waals surface area (Å²) in [4.78, 5) is 11.7. The number of hydrogen-bond donors (Lipinski definition) is 2. The van der Waals surface area contributed by atoms with Gasteiger partial charge in [0.1, 0.15) is 5.60 Å². The Hall–Kier alpha value is -0.720. The lowest BCUT2D eigenvalue weighted by Gasteiger charge is -2.25. The first-order valence-electron chi connectivity index (χ1n) is 6.69. The maximum Gasteiger partial charge on any atom is 0.408 e. The summed E-state index contributed by atoms with van der Waals surface area (Å²) in [5.74, 6) is 1.50. The SMILES string of the molecule is C=CCCCSC[C@H](NC(=O)OC(C)(C)C)C(O)OC. The lowest BCUT2D eigenvalue weighted by Crippen LogP contribution is -2.47. The Bertz CT molecular complexity index is 291. The molecule has 0 fully saturated rings. The molecule has 0 saturated heterocycles. The highest BCUT2D eigenvalue weighted by molar-refractivity contribution is 7.99. The van der Waals surface area contributed by atoms with E-state index in [0.717, 1.165) is 18.6 Å². The van der Waals surface area contributed by atoms with Gasteiger partial charge in [-0.25, -0.2) is 4.79 Å². The highest BCUT2D eigenvalue weighted by atomic mass is 32.2. The summed E-state index contributed by atoms with van der Waals surface area (Å²) in [7, 11) is 1.40. The molecule has 0 heterocycles. The van der Waals surface area contributed by atoms with Gasteiger partial charge in [0.2, 0.25) is 0 Å². The molecule has 1 unspecified atom stereocenters. The molecule has 2 N–H and O–H groups in total. The number of allylic oxidation sites excluding steroid dienone is 1. The first-order chi connectivity index (χ1) is 9.30. The van der Waals surface area contributed by atoms with Gasteiger partial charge in [-0.1, -0.05) is 6.08 Å². The zero-order valence-electron chi connectivity index (χ0n) is 12.8. The van der Waals surface area contributed by atoms with Crippen LogP contribution in [0.3, 0.4) is 0 Å². The molecule has 6 heteroatoms. The van der Waals surface area contributed by atoms with Gasteiger partial charge in [-0.3, -0.25) is 0 Å². The third kappa shape index (κ3) is 10.1. The molecule has 0 aliphatic carbocycles. The molecule has 0 saturated carbocycles. The first kappa shape index (κ1) is 19.3. The number of thioether (sulfide) groups is 1. The van der Waals surface area contributed by atoms with Crippen molar-refractivity contribution >= 4 is 17.9 Å². The quantitative estimate of drug-likeness (QED) is 0.389. The fourth-order valence-electron chi connectivity index (χ4n) is 1.36. The van der Waals surface area contributed by atoms with Gasteiger partial charge in [0.05, 0.1) is 6.04 Å². The second-order valence-corrected chi connectivity index (χ2v) is 6.53. The number of carbonyl (C=O) groups is 1. The minimum Gasteiger partial charge on any atom is -0.444 e. The van der Waals surface area contributed by atoms with Crippen LogP contribution in [0, 0.1) is 0 Å². The minimum atomic E-state index is -1.05. The number of ether oxygens (including phenoxy) is 2. The second kappa shape index (κ2) is 10.1. The average molecular weight is 305 g/mol. The predicted molar refractivity (Wildman–Crippen MR) is 82.9 cm³/mol. The van der Waals surface area contributed by atoms with Gasteiger partial charge in [-0.2, -0.15) is 11.8 Å². The van der Waals surface area contributed by atoms with E-state index in [1.54, 1.807) is 32.5 Å². The van der Waals surface area contributed by atoms with Crippen molar-refractivity contribution in [3.05, 3.63) is 12.7 Å². The molecule has 2 atom stereocenters. The third-order valence-electron chi connectivity index (χ3n) is 2.28. The fraction of sp³-hybridized carbons (Fsp3) is 0.786. The van der Waals surface area contributed by atoms with Crippen LogP contribution in [0.15, 0.2) is 12.7 Å². The number of hydrogen-bond acceptors (Lipinski definition) is 5. The molecule has 5 nitrogen and oxygen atoms in total. The number of carbonyl (C=O) groups excluding carboxylic acids is 1. The van der Waals surface area contributed by atoms with Gasteiger partial charge in [0.15, 0.2) is 6.29 Å². The summed E-state index contributed by atoms with van der Waals surface area (Å²) in [5, 5.41) is 12.4. The molecule has 0 aromatic heterocycles. The highest BCUT2D eigenvalue weighted by Crippen LogP contribution is 2.12. The number of methoxy groups -OCH3 is 1. The van der Waals surface area contributed by atoms with E-state index in [4.69, 9.17) is 9.47 Å². The first-order valence-corrected chi connectivity index (χ1v) is 7.84. The zero-order chi connectivity index (χ0) is 15.6. The van der Waals surface area contributed by atoms with E-state index in [0.29, 0.717) is 5.75 Å². The van der Waals surface area contributed by atoms with Crippen molar-refractivity contribution in [3.63, 3.8) is 0 Å². The van der Waals surface area contributed by atoms with Crippen molar-refractivity contribution in [2.45, 2.75) is 51.5 Å². The highest BCUT2D eigenvalue weighted by Gasteiger charge is 2.24. The van der Waals surface area contributed by atoms with E-state index < -0.39 is 24.0 Å². The Labute approximate surface area is 126 Å². The Morgan fingerprint density at radius 1 is 1.50 bits per heavy atom. The van der Waals surface area contributed by atoms with Crippen molar-refractivity contribution < 1.29 is 19.4 Å². The van der Waals surface area contributed by atoms with Crippen LogP contribution in [0.1, 0.15) is 33.6 Å². The molecule has 20 heavy (non-hydrogen) atoms. The molecule has 0 rings (SSSR count). The maximum absolute atomic E-state index is 11.7. The number of nitrogens with one attached hydrogen (secondary N) is 1. The van der Waals surface area contributed by atoms with E-state index >= 15 is 0 Å². The van der Waals surface area contributed by atoms with Gasteiger partial charge < -0.3 is 19.9 Å². The number of aliphatic hydroxyl groups is 1. The molecular weight excluding hydrogens is 278 g/mol. The molecule has 0 aromatic rings. The van der Waals surface area contributed by atoms with E-state index in [9.17, 15) is 9.90 Å². The number of unbranched alkanes of at least 4 members (excludes halogenated alkanes) is 1. The molecule has 0 aliphatic rings. The summed E-state index contributed by atoms with van der Waals surface area (Å²) < 4.78 is 10.0. The smallest absolute Gasteiger partial charge is 0.408 e. The summed E-state index contributed by atoms with van der Waals surface area (Å²) in [6, 6.07) is -0.497. The monoisotopic (exact) mass is 305 g/mol. The maximum atomic E-state index is 11.7. The summed E-state index contributed by atoms with van der Waals surface area (Å²) in [6.45, 7) is 9.04. The summed E-state index contributed by atoms with van der Waals surface area (Å²) >= 11 is 1.65. The van der Waals surface area contributed by atoms with Crippen LogP contribution in [0.5, 0.6) is 0 Å². The second-order valence-electron chi connectivity index (χ2n) is 5.38. The molecule has 1 amide bonds. The zero-order valence-corrected chi connectivity index (χ0v) is 13.7. The van der Waals surface area contributed by atoms with Crippen LogP contribution in [-0.2, 0) is 9.47 Å². The van der Waals surface area contributed by atoms with Gasteiger partial charge in [-0.15, -0.1) is 6.58 Å². The topological polar surface area (TPSA) is 67.8 Å². The van der Waals surface area contributed by atoms with E-state index in [1.165, 1.54) is 7.11 Å². The summed E-state index contributed by atoms with van der Waals surface area (Å²) in [6.07, 6.45) is 2.26. The van der Waals surface area contributed by atoms with Crippen LogP contribution < -0.4 is 5.32 Å². The molecule has 0 spiro atoms. The van der Waals surface area contributed by atoms with E-state index in [2.05, 4.69) is 11.9 Å². The van der Waals surface area contributed by atoms with E-state index in [-0.39, 0.29) is 0 Å². The van der Waals surface area contributed by atoms with Gasteiger partial charge in [-0.05, 0) is 39.4 Å². The molecule has 118 valence electrons. The van der Waals surface area contributed by atoms with E-state index in [1.807, 2.05) is 6.08 Å². The van der Waals surface area contributed by atoms with Crippen molar-refractivity contribution in [2.75, 3.05) is 18.6 Å². The summed E-state index contributed by atoms with van der Waals surface area (Å²) in [5.41, 5.74) is -0.566. The molecule has 0 radical (unpaired) electrons. The standard InChI is InChI=1S/C14H27NO4S/c1-6-7-8-9-20-10-11(12(16)18-5)15-13(17)19-14(2,3)4/h6,11-12,16H,1,7-10H2,2-5H3,(H,15,17)/t11-,12?/m0/s1. The van der Waals surface area contributed by atoms with Crippen molar-refractivity contribution in [1.82, 2.24) is 5.32 Å². The fourth-order valence-corrected chi connectivity index (χ4v) is 2.40. The molecule has 0 aromatic carbocycles. The van der Waals surface area contributed by atoms with Crippen molar-refractivity contribution in [3.8, 4) is 0 Å². The molecular formula is C14H27NO4S. The number of alkyl carbamates (subject to hydrolysis) is 1. The lowest BCUT2D eigenvalue weighted by atomic mass is 10.2. The van der Waals surface area contributed by atoms with Crippen LogP contribution >= 0.6 is 11.8 Å². The largest absolute Gasteiger partial charge is 0.444 e. The Kier molecular flexibility index (Phi) is 9.71. The van der Waals surface area contributed by atoms with Crippen LogP contribution in [-0.4, -0.2) is 47.7 Å². The minimum absolute atomic E-state index is 0.497. The van der Waals surface area contributed by atoms with Gasteiger partial charge >= 0.3 is 6.09 Å². The number of aliphatic hydroxyl groups excluding tert-OH is 1. The van der Waals surface area contributed by atoms with Gasteiger partial charge in [0, 0.05) is 12.9 Å². The van der Waals surface area contributed by atoms with Crippen molar-refractivity contribution in [1.29, 1.82) is 0 Å². The van der Waals surface area contributed by atoms with Gasteiger partial charge in [0.25, 0.3) is 0 Å². The Morgan fingerprint density at radius 2 is 2.15 bits per heavy atom. The lowest BCUT2D eigenvalue weighted by molar-refractivity contribution is -0.0922. The Morgan fingerprint density at radius 3 is 2.65 bits per heavy atom. The van der Waals surface area contributed by atoms with Crippen LogP contribution in [0.4, 0.5) is 4.79 Å². The van der Waals surface area contributed by atoms with Crippen molar-refractivity contribution in [2.24, 2.45) is 0 Å². The number of amides is 1. The predicted octanol–water partition coefficient (Wildman–Crippen LogP) is 2.54. The van der Waals surface area contributed by atoms with Crippen LogP contribution in [0.2, 0.25) is 0 Å². The van der Waals surface area contributed by atoms with Crippen LogP contribution in [0.25, 0.3) is 0 Å². The Balaban J connectivity index is 4.21. The number of rotatable bonds is 9.